The van der Waals surface area contributed by atoms with Crippen LogP contribution in [0.3, 0.4) is 0 Å². The average molecular weight is 423 g/mol. The van der Waals surface area contributed by atoms with Crippen molar-refractivity contribution in [1.29, 1.82) is 0 Å². The summed E-state index contributed by atoms with van der Waals surface area (Å²) in [7, 11) is 0. The van der Waals surface area contributed by atoms with Crippen LogP contribution >= 0.6 is 0 Å². The molecule has 7 nitrogen and oxygen atoms in total. The lowest BCUT2D eigenvalue weighted by Crippen LogP contribution is -2.31. The lowest BCUT2D eigenvalue weighted by molar-refractivity contribution is -0.168. The van der Waals surface area contributed by atoms with E-state index in [-0.39, 0.29) is 12.2 Å². The minimum absolute atomic E-state index is 0.180. The maximum absolute atomic E-state index is 12.7. The summed E-state index contributed by atoms with van der Waals surface area (Å²) < 4.78 is 16.6. The quantitative estimate of drug-likeness (QED) is 0.226. The molecule has 0 spiro atoms. The van der Waals surface area contributed by atoms with Crippen molar-refractivity contribution in [3.05, 3.63) is 41.9 Å². The van der Waals surface area contributed by atoms with E-state index in [2.05, 4.69) is 6.58 Å². The summed E-state index contributed by atoms with van der Waals surface area (Å²) in [6, 6.07) is 3.21. The van der Waals surface area contributed by atoms with E-state index in [1.165, 1.54) is 31.8 Å². The number of aliphatic hydroxyl groups is 3. The topological polar surface area (TPSA) is 109 Å². The van der Waals surface area contributed by atoms with Crippen molar-refractivity contribution in [2.75, 3.05) is 13.2 Å². The molecular weight excluding hydrogens is 388 g/mol. The van der Waals surface area contributed by atoms with E-state index in [4.69, 9.17) is 19.0 Å². The molecule has 0 bridgehead atoms. The highest BCUT2D eigenvalue weighted by Crippen LogP contribution is 2.28. The largest absolute Gasteiger partial charge is 0.459 e. The molecule has 0 radical (unpaired) electrons. The molecule has 2 rings (SSSR count). The van der Waals surface area contributed by atoms with Gasteiger partial charge in [-0.15, -0.1) is 6.58 Å². The van der Waals surface area contributed by atoms with Crippen LogP contribution in [0.15, 0.2) is 34.8 Å². The van der Waals surface area contributed by atoms with E-state index in [1.807, 2.05) is 6.08 Å². The summed E-state index contributed by atoms with van der Waals surface area (Å²) in [6.45, 7) is 3.31. The molecule has 3 atom stereocenters. The van der Waals surface area contributed by atoms with Crippen LogP contribution < -0.4 is 0 Å². The first-order valence-corrected chi connectivity index (χ1v) is 10.7. The molecule has 7 heteroatoms. The summed E-state index contributed by atoms with van der Waals surface area (Å²) in [4.78, 5) is 12.7. The van der Waals surface area contributed by atoms with Crippen molar-refractivity contribution in [1.82, 2.24) is 0 Å². The standard InChI is InChI=1S/C23H34O7/c1-2-3-4-5-6-7-8-9-10-13-28-23-21(27)19(22(30-23)20(26)16-25)14-17-11-12-18(15-24)29-17/h2,11-12,14,20,22-26H,1,3-10,13,15-16H2/b19-14-/t20?,22-,23?/m1/s1. The molecule has 1 aromatic rings. The van der Waals surface area contributed by atoms with E-state index < -0.39 is 30.9 Å². The van der Waals surface area contributed by atoms with E-state index in [1.54, 1.807) is 12.1 Å². The molecule has 1 aromatic heterocycles. The predicted octanol–water partition coefficient (Wildman–Crippen LogP) is 3.13. The Balaban J connectivity index is 1.80. The molecule has 1 saturated heterocycles. The fourth-order valence-electron chi connectivity index (χ4n) is 3.38. The van der Waals surface area contributed by atoms with Crippen LogP contribution in [-0.4, -0.2) is 52.8 Å². The number of furan rings is 1. The SMILES string of the molecule is C=CCCCCCCCCCOC1O[C@@H](C(O)CO)/C(=C\c2ccc(CO)o2)C1=O. The summed E-state index contributed by atoms with van der Waals surface area (Å²) in [5.41, 5.74) is 0.180. The number of carbonyl (C=O) groups excluding carboxylic acids is 1. The van der Waals surface area contributed by atoms with E-state index in [0.717, 1.165) is 25.7 Å². The molecule has 1 aliphatic heterocycles. The van der Waals surface area contributed by atoms with Crippen LogP contribution in [0.25, 0.3) is 6.08 Å². The van der Waals surface area contributed by atoms with Crippen LogP contribution in [0, 0.1) is 0 Å². The van der Waals surface area contributed by atoms with Crippen LogP contribution in [0.4, 0.5) is 0 Å². The molecule has 2 unspecified atom stereocenters. The van der Waals surface area contributed by atoms with Gasteiger partial charge in [-0.05, 0) is 37.5 Å². The molecule has 168 valence electrons. The molecule has 3 N–H and O–H groups in total. The lowest BCUT2D eigenvalue weighted by atomic mass is 10.0. The number of allylic oxidation sites excluding steroid dienone is 1. The number of carbonyl (C=O) groups is 1. The molecular formula is C23H34O7. The lowest BCUT2D eigenvalue weighted by Gasteiger charge is -2.17. The van der Waals surface area contributed by atoms with Gasteiger partial charge in [-0.25, -0.2) is 0 Å². The minimum Gasteiger partial charge on any atom is -0.459 e. The van der Waals surface area contributed by atoms with Gasteiger partial charge < -0.3 is 29.2 Å². The number of Topliss-reactive ketones (excluding diaryl/α,β-unsaturated/α-hetero) is 1. The van der Waals surface area contributed by atoms with Crippen molar-refractivity contribution < 1.29 is 34.0 Å². The molecule has 30 heavy (non-hydrogen) atoms. The Morgan fingerprint density at radius 1 is 1.10 bits per heavy atom. The van der Waals surface area contributed by atoms with Gasteiger partial charge in [-0.3, -0.25) is 4.79 Å². The first-order chi connectivity index (χ1) is 14.6. The number of rotatable bonds is 15. The van der Waals surface area contributed by atoms with Crippen LogP contribution in [0.2, 0.25) is 0 Å². The third kappa shape index (κ3) is 7.49. The number of unbranched alkanes of at least 4 members (excludes halogenated alkanes) is 7. The maximum Gasteiger partial charge on any atom is 0.223 e. The predicted molar refractivity (Wildman–Crippen MR) is 112 cm³/mol. The Labute approximate surface area is 178 Å². The van der Waals surface area contributed by atoms with E-state index >= 15 is 0 Å². The smallest absolute Gasteiger partial charge is 0.223 e. The van der Waals surface area contributed by atoms with Gasteiger partial charge in [0.25, 0.3) is 0 Å². The van der Waals surface area contributed by atoms with E-state index in [9.17, 15) is 15.0 Å². The number of ketones is 1. The number of ether oxygens (including phenoxy) is 2. The van der Waals surface area contributed by atoms with Crippen molar-refractivity contribution in [3.63, 3.8) is 0 Å². The van der Waals surface area contributed by atoms with Gasteiger partial charge in [0, 0.05) is 5.57 Å². The summed E-state index contributed by atoms with van der Waals surface area (Å²) >= 11 is 0. The normalized spacial score (nSPS) is 21.4. The first kappa shape index (κ1) is 24.5. The average Bonchev–Trinajstić information content (AvgIpc) is 3.34. The Morgan fingerprint density at radius 2 is 1.80 bits per heavy atom. The van der Waals surface area contributed by atoms with Crippen LogP contribution in [0.1, 0.15) is 62.9 Å². The number of hydrogen-bond acceptors (Lipinski definition) is 7. The van der Waals surface area contributed by atoms with Gasteiger partial charge in [0.1, 0.15) is 30.3 Å². The summed E-state index contributed by atoms with van der Waals surface area (Å²) in [5, 5.41) is 28.4. The van der Waals surface area contributed by atoms with Crippen molar-refractivity contribution in [3.8, 4) is 0 Å². The van der Waals surface area contributed by atoms with Gasteiger partial charge in [0.05, 0.1) is 13.2 Å². The highest BCUT2D eigenvalue weighted by atomic mass is 16.7. The fraction of sp³-hybridized carbons (Fsp3) is 0.609. The zero-order valence-electron chi connectivity index (χ0n) is 17.5. The van der Waals surface area contributed by atoms with Gasteiger partial charge >= 0.3 is 0 Å². The first-order valence-electron chi connectivity index (χ1n) is 10.7. The molecule has 2 heterocycles. The Bertz CT molecular complexity index is 679. The van der Waals surface area contributed by atoms with Gasteiger partial charge in [-0.1, -0.05) is 38.2 Å². The second-order valence-electron chi connectivity index (χ2n) is 7.49. The minimum atomic E-state index is -1.25. The molecule has 0 aliphatic carbocycles. The summed E-state index contributed by atoms with van der Waals surface area (Å²) in [6.07, 6.45) is 8.95. The highest BCUT2D eigenvalue weighted by molar-refractivity contribution is 6.04. The Morgan fingerprint density at radius 3 is 2.43 bits per heavy atom. The van der Waals surface area contributed by atoms with Crippen LogP contribution in [-0.2, 0) is 20.9 Å². The fourth-order valence-corrected chi connectivity index (χ4v) is 3.38. The maximum atomic E-state index is 12.7. The number of aliphatic hydroxyl groups excluding tert-OH is 3. The molecule has 0 aromatic carbocycles. The Hall–Kier alpha value is -1.77. The van der Waals surface area contributed by atoms with Gasteiger partial charge in [0.2, 0.25) is 12.1 Å². The third-order valence-electron chi connectivity index (χ3n) is 5.07. The van der Waals surface area contributed by atoms with Crippen molar-refractivity contribution in [2.24, 2.45) is 0 Å². The zero-order chi connectivity index (χ0) is 21.8. The summed E-state index contributed by atoms with van der Waals surface area (Å²) in [5.74, 6) is 0.326. The van der Waals surface area contributed by atoms with Gasteiger partial charge in [-0.2, -0.15) is 0 Å². The molecule has 1 fully saturated rings. The molecule has 0 amide bonds. The van der Waals surface area contributed by atoms with E-state index in [0.29, 0.717) is 18.1 Å². The van der Waals surface area contributed by atoms with Crippen molar-refractivity contribution in [2.45, 2.75) is 76.5 Å². The monoisotopic (exact) mass is 422 g/mol. The van der Waals surface area contributed by atoms with Crippen LogP contribution in [0.5, 0.6) is 0 Å². The Kier molecular flexibility index (Phi) is 11.0. The highest BCUT2D eigenvalue weighted by Gasteiger charge is 2.42. The molecule has 1 aliphatic rings. The second-order valence-corrected chi connectivity index (χ2v) is 7.49. The van der Waals surface area contributed by atoms with Crippen molar-refractivity contribution >= 4 is 11.9 Å². The van der Waals surface area contributed by atoms with Gasteiger partial charge in [0.15, 0.2) is 0 Å². The zero-order valence-corrected chi connectivity index (χ0v) is 17.5. The third-order valence-corrected chi connectivity index (χ3v) is 5.07. The second kappa shape index (κ2) is 13.5. The number of hydrogen-bond donors (Lipinski definition) is 3. The molecule has 0 saturated carbocycles.